The van der Waals surface area contributed by atoms with Crippen molar-refractivity contribution in [2.24, 2.45) is 5.92 Å². The van der Waals surface area contributed by atoms with Gasteiger partial charge in [0, 0.05) is 18.2 Å². The van der Waals surface area contributed by atoms with Gasteiger partial charge in [-0.1, -0.05) is 31.3 Å². The predicted octanol–water partition coefficient (Wildman–Crippen LogP) is 3.25. The molecule has 6 nitrogen and oxygen atoms in total. The highest BCUT2D eigenvalue weighted by Crippen LogP contribution is 2.34. The first-order chi connectivity index (χ1) is 12.0. The molecule has 3 rings (SSSR count). The van der Waals surface area contributed by atoms with Crippen LogP contribution in [0.1, 0.15) is 47.5 Å². The molecule has 1 fully saturated rings. The van der Waals surface area contributed by atoms with Crippen LogP contribution in [0.4, 0.5) is 10.1 Å². The Morgan fingerprint density at radius 2 is 2.16 bits per heavy atom. The highest BCUT2D eigenvalue weighted by atomic mass is 32.1. The Bertz CT molecular complexity index is 792. The molecule has 2 aromatic rings. The van der Waals surface area contributed by atoms with Crippen molar-refractivity contribution in [1.82, 2.24) is 15.1 Å². The van der Waals surface area contributed by atoms with Crippen LogP contribution in [0.2, 0.25) is 0 Å². The van der Waals surface area contributed by atoms with Gasteiger partial charge >= 0.3 is 0 Å². The third kappa shape index (κ3) is 3.84. The Labute approximate surface area is 149 Å². The highest BCUT2D eigenvalue weighted by molar-refractivity contribution is 7.13. The van der Waals surface area contributed by atoms with Gasteiger partial charge in [-0.05, 0) is 31.0 Å². The fourth-order valence-electron chi connectivity index (χ4n) is 2.83. The Morgan fingerprint density at radius 1 is 1.36 bits per heavy atom. The maximum atomic E-state index is 13.2. The number of carbonyl (C=O) groups is 2. The number of anilines is 1. The van der Waals surface area contributed by atoms with Gasteiger partial charge in [-0.25, -0.2) is 4.39 Å². The second-order valence-corrected chi connectivity index (χ2v) is 7.26. The maximum absolute atomic E-state index is 13.2. The number of nitrogens with one attached hydrogen (secondary N) is 1. The summed E-state index contributed by atoms with van der Waals surface area (Å²) in [6, 6.07) is 5.54. The third-order valence-electron chi connectivity index (χ3n) is 4.03. The van der Waals surface area contributed by atoms with E-state index in [-0.39, 0.29) is 22.9 Å². The molecular weight excluding hydrogens is 343 g/mol. The minimum absolute atomic E-state index is 0.0794. The van der Waals surface area contributed by atoms with E-state index < -0.39 is 11.7 Å². The van der Waals surface area contributed by atoms with Gasteiger partial charge in [0.1, 0.15) is 10.8 Å². The van der Waals surface area contributed by atoms with Crippen molar-refractivity contribution in [3.63, 3.8) is 0 Å². The zero-order valence-electron chi connectivity index (χ0n) is 14.0. The van der Waals surface area contributed by atoms with E-state index in [4.69, 9.17) is 0 Å². The van der Waals surface area contributed by atoms with Crippen molar-refractivity contribution >= 4 is 28.8 Å². The quantitative estimate of drug-likeness (QED) is 0.906. The summed E-state index contributed by atoms with van der Waals surface area (Å²) in [5.41, 5.74) is 0.360. The second-order valence-electron chi connectivity index (χ2n) is 6.25. The maximum Gasteiger partial charge on any atom is 0.286 e. The molecule has 132 valence electrons. The Kier molecular flexibility index (Phi) is 5.08. The first-order valence-corrected chi connectivity index (χ1v) is 8.98. The van der Waals surface area contributed by atoms with Crippen molar-refractivity contribution in [2.45, 2.75) is 32.7 Å². The standard InChI is InChI=1S/C17H19FN4O2S/c1-10(2)17(24)22-8-4-7-13(22)15-20-21-16(25-15)14(23)19-12-6-3-5-11(18)9-12/h3,5-6,9-10,13H,4,7-8H2,1-2H3,(H,19,23)/t13-/m1/s1. The normalized spacial score (nSPS) is 17.1. The van der Waals surface area contributed by atoms with Crippen LogP contribution < -0.4 is 5.32 Å². The minimum atomic E-state index is -0.436. The summed E-state index contributed by atoms with van der Waals surface area (Å²) < 4.78 is 13.2. The SMILES string of the molecule is CC(C)C(=O)N1CCC[C@@H]1c1nnc(C(=O)Nc2cccc(F)c2)s1. The van der Waals surface area contributed by atoms with Crippen LogP contribution >= 0.6 is 11.3 Å². The molecule has 1 aromatic carbocycles. The zero-order valence-corrected chi connectivity index (χ0v) is 14.8. The van der Waals surface area contributed by atoms with Gasteiger partial charge in [-0.3, -0.25) is 9.59 Å². The fraction of sp³-hybridized carbons (Fsp3) is 0.412. The number of nitrogens with zero attached hydrogens (tertiary/aromatic N) is 3. The fourth-order valence-corrected chi connectivity index (χ4v) is 3.72. The van der Waals surface area contributed by atoms with Crippen LogP contribution in [-0.4, -0.2) is 33.5 Å². The van der Waals surface area contributed by atoms with Gasteiger partial charge in [0.05, 0.1) is 6.04 Å². The smallest absolute Gasteiger partial charge is 0.286 e. The van der Waals surface area contributed by atoms with Crippen LogP contribution in [0.15, 0.2) is 24.3 Å². The van der Waals surface area contributed by atoms with E-state index in [2.05, 4.69) is 15.5 Å². The van der Waals surface area contributed by atoms with Crippen molar-refractivity contribution in [2.75, 3.05) is 11.9 Å². The van der Waals surface area contributed by atoms with Gasteiger partial charge in [0.15, 0.2) is 0 Å². The summed E-state index contributed by atoms with van der Waals surface area (Å²) in [6.45, 7) is 4.44. The van der Waals surface area contributed by atoms with Crippen LogP contribution in [-0.2, 0) is 4.79 Å². The number of halogens is 1. The number of hydrogen-bond acceptors (Lipinski definition) is 5. The average molecular weight is 362 g/mol. The lowest BCUT2D eigenvalue weighted by molar-refractivity contribution is -0.135. The topological polar surface area (TPSA) is 75.2 Å². The third-order valence-corrected chi connectivity index (χ3v) is 5.06. The average Bonchev–Trinajstić information content (AvgIpc) is 3.23. The van der Waals surface area contributed by atoms with Gasteiger partial charge in [-0.15, -0.1) is 10.2 Å². The predicted molar refractivity (Wildman–Crippen MR) is 92.8 cm³/mol. The second kappa shape index (κ2) is 7.26. The number of hydrogen-bond donors (Lipinski definition) is 1. The summed E-state index contributed by atoms with van der Waals surface area (Å²) in [5, 5.41) is 11.5. The molecule has 1 saturated heterocycles. The molecule has 0 spiro atoms. The number of likely N-dealkylation sites (tertiary alicyclic amines) is 1. The Balaban J connectivity index is 1.73. The first-order valence-electron chi connectivity index (χ1n) is 8.16. The molecule has 0 bridgehead atoms. The molecule has 1 aliphatic heterocycles. The van der Waals surface area contributed by atoms with E-state index in [9.17, 15) is 14.0 Å². The van der Waals surface area contributed by atoms with Crippen molar-refractivity contribution < 1.29 is 14.0 Å². The number of aromatic nitrogens is 2. The summed E-state index contributed by atoms with van der Waals surface area (Å²) in [6.07, 6.45) is 1.73. The summed E-state index contributed by atoms with van der Waals surface area (Å²) >= 11 is 1.17. The molecule has 8 heteroatoms. The lowest BCUT2D eigenvalue weighted by Crippen LogP contribution is -2.33. The minimum Gasteiger partial charge on any atom is -0.333 e. The first kappa shape index (κ1) is 17.5. The van der Waals surface area contributed by atoms with E-state index in [1.165, 1.54) is 29.5 Å². The molecule has 0 radical (unpaired) electrons. The molecule has 2 amide bonds. The van der Waals surface area contributed by atoms with Gasteiger partial charge in [0.2, 0.25) is 10.9 Å². The molecule has 0 saturated carbocycles. The summed E-state index contributed by atoms with van der Waals surface area (Å²) in [7, 11) is 0. The summed E-state index contributed by atoms with van der Waals surface area (Å²) in [5.74, 6) is -0.855. The molecule has 0 unspecified atom stereocenters. The number of benzene rings is 1. The van der Waals surface area contributed by atoms with Gasteiger partial charge in [-0.2, -0.15) is 0 Å². The number of amides is 2. The van der Waals surface area contributed by atoms with Crippen LogP contribution in [0.5, 0.6) is 0 Å². The van der Waals surface area contributed by atoms with Crippen molar-refractivity contribution in [3.8, 4) is 0 Å². The zero-order chi connectivity index (χ0) is 18.0. The molecule has 2 heterocycles. The molecule has 25 heavy (non-hydrogen) atoms. The van der Waals surface area contributed by atoms with Crippen LogP contribution in [0.3, 0.4) is 0 Å². The Morgan fingerprint density at radius 3 is 2.88 bits per heavy atom. The molecule has 1 atom stereocenters. The Hall–Kier alpha value is -2.35. The van der Waals surface area contributed by atoms with Crippen LogP contribution in [0, 0.1) is 11.7 Å². The molecule has 0 aliphatic carbocycles. The molecular formula is C17H19FN4O2S. The molecule has 1 aliphatic rings. The van der Waals surface area contributed by atoms with E-state index in [0.29, 0.717) is 17.2 Å². The van der Waals surface area contributed by atoms with E-state index in [1.807, 2.05) is 18.7 Å². The summed E-state index contributed by atoms with van der Waals surface area (Å²) in [4.78, 5) is 26.4. The van der Waals surface area contributed by atoms with Crippen LogP contribution in [0.25, 0.3) is 0 Å². The molecule has 1 N–H and O–H groups in total. The monoisotopic (exact) mass is 362 g/mol. The largest absolute Gasteiger partial charge is 0.333 e. The van der Waals surface area contributed by atoms with Gasteiger partial charge < -0.3 is 10.2 Å². The number of carbonyl (C=O) groups excluding carboxylic acids is 2. The lowest BCUT2D eigenvalue weighted by Gasteiger charge is -2.24. The van der Waals surface area contributed by atoms with E-state index in [1.54, 1.807) is 6.07 Å². The van der Waals surface area contributed by atoms with E-state index >= 15 is 0 Å². The van der Waals surface area contributed by atoms with Gasteiger partial charge in [0.25, 0.3) is 5.91 Å². The number of rotatable bonds is 4. The highest BCUT2D eigenvalue weighted by Gasteiger charge is 2.33. The molecule has 1 aromatic heterocycles. The lowest BCUT2D eigenvalue weighted by atomic mass is 10.1. The van der Waals surface area contributed by atoms with Crippen molar-refractivity contribution in [3.05, 3.63) is 40.1 Å². The van der Waals surface area contributed by atoms with Crippen molar-refractivity contribution in [1.29, 1.82) is 0 Å². The van der Waals surface area contributed by atoms with E-state index in [0.717, 1.165) is 12.8 Å².